The molecule has 0 saturated heterocycles. The molecule has 0 spiro atoms. The van der Waals surface area contributed by atoms with Gasteiger partial charge in [0.25, 0.3) is 0 Å². The van der Waals surface area contributed by atoms with Crippen LogP contribution >= 0.6 is 0 Å². The fourth-order valence-corrected chi connectivity index (χ4v) is 7.88. The van der Waals surface area contributed by atoms with Crippen LogP contribution in [0.5, 0.6) is 0 Å². The summed E-state index contributed by atoms with van der Waals surface area (Å²) in [4.78, 5) is 54.3. The number of esters is 2. The molecule has 0 saturated carbocycles. The number of rotatable bonds is 14. The van der Waals surface area contributed by atoms with E-state index in [1.165, 1.54) is 48.3 Å². The number of carbonyl (C=O) groups excluding carboxylic acids is 4. The lowest BCUT2D eigenvalue weighted by atomic mass is 9.80. The summed E-state index contributed by atoms with van der Waals surface area (Å²) in [5.74, 6) is -3.62. The summed E-state index contributed by atoms with van der Waals surface area (Å²) in [7, 11) is 2.50. The molecule has 2 aliphatic heterocycles. The summed E-state index contributed by atoms with van der Waals surface area (Å²) >= 11 is 0. The Hall–Kier alpha value is -5.72. The molecule has 12 heteroatoms. The van der Waals surface area contributed by atoms with Crippen LogP contribution in [0.25, 0.3) is 21.8 Å². The van der Waals surface area contributed by atoms with Crippen molar-refractivity contribution in [1.29, 1.82) is 0 Å². The van der Waals surface area contributed by atoms with Crippen LogP contribution in [0.1, 0.15) is 47.4 Å². The van der Waals surface area contributed by atoms with Gasteiger partial charge in [0, 0.05) is 68.9 Å². The first kappa shape index (κ1) is 39.5. The molecule has 6 rings (SSSR count). The number of para-hydroxylation sites is 2. The minimum atomic E-state index is -0.649. The van der Waals surface area contributed by atoms with Gasteiger partial charge in [-0.1, -0.05) is 48.6 Å². The van der Waals surface area contributed by atoms with Crippen molar-refractivity contribution in [3.05, 3.63) is 120 Å². The Labute approximate surface area is 314 Å². The van der Waals surface area contributed by atoms with Crippen molar-refractivity contribution >= 4 is 46.3 Å². The molecule has 0 fully saturated rings. The highest BCUT2D eigenvalue weighted by Crippen LogP contribution is 2.38. The third-order valence-corrected chi connectivity index (χ3v) is 10.6. The maximum Gasteiger partial charge on any atom is 0.337 e. The van der Waals surface area contributed by atoms with Gasteiger partial charge in [-0.3, -0.25) is 0 Å². The highest BCUT2D eigenvalue weighted by molar-refractivity contribution is 5.90. The van der Waals surface area contributed by atoms with E-state index in [0.29, 0.717) is 12.8 Å². The first-order valence-electron chi connectivity index (χ1n) is 17.9. The summed E-state index contributed by atoms with van der Waals surface area (Å²) in [5.41, 5.74) is 6.89. The average Bonchev–Trinajstić information content (AvgIpc) is 3.79. The number of carbonyl (C=O) groups is 4. The monoisotopic (exact) mass is 736 g/mol. The van der Waals surface area contributed by atoms with Gasteiger partial charge in [0.2, 0.25) is 0 Å². The number of hydrogen-bond acceptors (Lipinski definition) is 10. The van der Waals surface area contributed by atoms with Gasteiger partial charge in [-0.05, 0) is 62.0 Å². The Bertz CT molecular complexity index is 1900. The van der Waals surface area contributed by atoms with E-state index in [1.54, 1.807) is 0 Å². The van der Waals surface area contributed by atoms with Gasteiger partial charge in [0.15, 0.2) is 0 Å². The molecule has 0 unspecified atom stereocenters. The Morgan fingerprint density at radius 2 is 1.11 bits per heavy atom. The molecule has 284 valence electrons. The molecule has 4 heterocycles. The van der Waals surface area contributed by atoms with E-state index < -0.39 is 35.6 Å². The number of benzene rings is 2. The minimum Gasteiger partial charge on any atom is -0.515 e. The van der Waals surface area contributed by atoms with Gasteiger partial charge >= 0.3 is 11.9 Å². The van der Waals surface area contributed by atoms with E-state index in [2.05, 4.69) is 45.9 Å². The summed E-state index contributed by atoms with van der Waals surface area (Å²) in [6.45, 7) is 9.00. The number of ether oxygens (including phenoxy) is 2. The SMILES string of the molecule is C=C[C@@H](C=O)[C@H](C[C@@H]1NCCc2c1[nH]c1ccccc21)/C(=C/O)C(=O)OC.C=C[C@@H](C=O)[C@H](C[C@@H]1NCCc2c1[nH]c1ccccc21)/C(=C/O)C(=O)OC. The first-order chi connectivity index (χ1) is 26.3. The van der Waals surface area contributed by atoms with Crippen molar-refractivity contribution in [3.8, 4) is 0 Å². The molecule has 6 atom stereocenters. The summed E-state index contributed by atoms with van der Waals surface area (Å²) in [6, 6.07) is 16.1. The van der Waals surface area contributed by atoms with Crippen molar-refractivity contribution in [2.75, 3.05) is 27.3 Å². The molecule has 0 radical (unpaired) electrons. The van der Waals surface area contributed by atoms with Gasteiger partial charge in [-0.25, -0.2) is 9.59 Å². The number of aromatic amines is 2. The predicted molar refractivity (Wildman–Crippen MR) is 207 cm³/mol. The summed E-state index contributed by atoms with van der Waals surface area (Å²) in [6.07, 6.45) is 8.66. The number of fused-ring (bicyclic) bond motifs is 6. The first-order valence-corrected chi connectivity index (χ1v) is 17.9. The Morgan fingerprint density at radius 3 is 1.44 bits per heavy atom. The lowest BCUT2D eigenvalue weighted by Gasteiger charge is -2.30. The molecule has 2 aromatic carbocycles. The smallest absolute Gasteiger partial charge is 0.337 e. The lowest BCUT2D eigenvalue weighted by Crippen LogP contribution is -2.34. The molecule has 4 aromatic rings. The van der Waals surface area contributed by atoms with E-state index >= 15 is 0 Å². The van der Waals surface area contributed by atoms with Crippen LogP contribution < -0.4 is 10.6 Å². The van der Waals surface area contributed by atoms with E-state index in [9.17, 15) is 29.4 Å². The van der Waals surface area contributed by atoms with Crippen molar-refractivity contribution < 1.29 is 38.9 Å². The van der Waals surface area contributed by atoms with Crippen molar-refractivity contribution in [3.63, 3.8) is 0 Å². The van der Waals surface area contributed by atoms with Crippen LogP contribution in [0.4, 0.5) is 0 Å². The molecule has 0 aliphatic carbocycles. The van der Waals surface area contributed by atoms with Crippen LogP contribution in [0, 0.1) is 23.7 Å². The third-order valence-electron chi connectivity index (χ3n) is 10.6. The highest BCUT2D eigenvalue weighted by atomic mass is 16.5. The van der Waals surface area contributed by atoms with Gasteiger partial charge in [-0.2, -0.15) is 0 Å². The number of H-pyrrole nitrogens is 2. The van der Waals surface area contributed by atoms with Gasteiger partial charge in [0.05, 0.1) is 37.9 Å². The zero-order valence-corrected chi connectivity index (χ0v) is 30.5. The number of hydrogen-bond donors (Lipinski definition) is 6. The Kier molecular flexibility index (Phi) is 13.4. The zero-order valence-electron chi connectivity index (χ0n) is 30.5. The second-order valence-corrected chi connectivity index (χ2v) is 13.4. The minimum absolute atomic E-state index is 0.0690. The van der Waals surface area contributed by atoms with E-state index in [0.717, 1.165) is 73.4 Å². The van der Waals surface area contributed by atoms with Crippen LogP contribution in [-0.4, -0.2) is 72.0 Å². The number of allylic oxidation sites excluding steroid dienone is 2. The van der Waals surface area contributed by atoms with Gasteiger partial charge in [-0.15, -0.1) is 13.2 Å². The second kappa shape index (κ2) is 18.4. The molecule has 2 aliphatic rings. The fraction of sp³-hybridized carbons (Fsp3) is 0.333. The van der Waals surface area contributed by atoms with Crippen LogP contribution in [0.3, 0.4) is 0 Å². The van der Waals surface area contributed by atoms with Crippen molar-refractivity contribution in [1.82, 2.24) is 20.6 Å². The van der Waals surface area contributed by atoms with Gasteiger partial charge in [0.1, 0.15) is 12.6 Å². The number of nitrogens with one attached hydrogen (secondary N) is 4. The largest absolute Gasteiger partial charge is 0.515 e. The molecular weight excluding hydrogens is 688 g/mol. The van der Waals surface area contributed by atoms with Crippen LogP contribution in [0.15, 0.2) is 97.5 Å². The number of aliphatic hydroxyl groups excluding tert-OH is 2. The quantitative estimate of drug-likeness (QED) is 0.0297. The van der Waals surface area contributed by atoms with E-state index in [4.69, 9.17) is 9.47 Å². The number of aliphatic hydroxyl groups is 2. The molecular formula is C42H48N4O8. The maximum atomic E-state index is 12.1. The molecule has 2 aromatic heterocycles. The van der Waals surface area contributed by atoms with E-state index in [-0.39, 0.29) is 23.2 Å². The van der Waals surface area contributed by atoms with Crippen LogP contribution in [0.2, 0.25) is 0 Å². The number of aldehydes is 2. The third kappa shape index (κ3) is 8.09. The molecule has 0 amide bonds. The molecule has 54 heavy (non-hydrogen) atoms. The molecule has 12 nitrogen and oxygen atoms in total. The topological polar surface area (TPSA) is 183 Å². The Morgan fingerprint density at radius 1 is 0.722 bits per heavy atom. The Balaban J connectivity index is 0.000000208. The maximum absolute atomic E-state index is 12.1. The summed E-state index contributed by atoms with van der Waals surface area (Å²) < 4.78 is 9.57. The number of aromatic nitrogens is 2. The highest BCUT2D eigenvalue weighted by Gasteiger charge is 2.35. The zero-order chi connectivity index (χ0) is 38.8. The molecule has 6 N–H and O–H groups in total. The van der Waals surface area contributed by atoms with E-state index in [1.807, 2.05) is 36.4 Å². The number of methoxy groups -OCH3 is 2. The second-order valence-electron chi connectivity index (χ2n) is 13.4. The van der Waals surface area contributed by atoms with Crippen molar-refractivity contribution in [2.45, 2.75) is 37.8 Å². The summed E-state index contributed by atoms with van der Waals surface area (Å²) in [5, 5.41) is 28.6. The van der Waals surface area contributed by atoms with Crippen LogP contribution in [-0.2, 0) is 41.5 Å². The standard InChI is InChI=1S/2C21H24N2O4/c2*1-3-13(11-24)16(17(12-25)21(26)27-2)10-19-20-15(8-9-22-19)14-6-4-5-7-18(14)23-20/h2*3-7,11-13,16,19,22-23,25H,1,8-10H2,2H3/b2*17-12-/t2*13-,16-,19-/m00/s1. The fourth-order valence-electron chi connectivity index (χ4n) is 7.88. The lowest BCUT2D eigenvalue weighted by molar-refractivity contribution is -0.138. The average molecular weight is 737 g/mol. The van der Waals surface area contributed by atoms with Gasteiger partial charge < -0.3 is 49.9 Å². The van der Waals surface area contributed by atoms with Crippen molar-refractivity contribution in [2.24, 2.45) is 23.7 Å². The molecule has 0 bridgehead atoms. The predicted octanol–water partition coefficient (Wildman–Crippen LogP) is 5.95. The normalized spacial score (nSPS) is 19.1.